The average Bonchev–Trinajstić information content (AvgIpc) is 2.35. The average molecular weight is 290 g/mol. The highest BCUT2D eigenvalue weighted by molar-refractivity contribution is 5.25. The molecule has 0 aliphatic heterocycles. The molecule has 0 amide bonds. The van der Waals surface area contributed by atoms with Gasteiger partial charge in [0.05, 0.1) is 6.61 Å². The second-order valence-corrected chi connectivity index (χ2v) is 6.71. The molecule has 0 saturated heterocycles. The van der Waals surface area contributed by atoms with Crippen LogP contribution in [0.15, 0.2) is 24.3 Å². The maximum atomic E-state index is 5.78. The molecule has 0 unspecified atom stereocenters. The molecule has 0 fully saturated rings. The third-order valence-corrected chi connectivity index (χ3v) is 3.02. The smallest absolute Gasteiger partial charge is 0.213 e. The van der Waals surface area contributed by atoms with E-state index in [9.17, 15) is 0 Å². The van der Waals surface area contributed by atoms with Gasteiger partial charge in [-0.25, -0.2) is 4.98 Å². The van der Waals surface area contributed by atoms with Crippen molar-refractivity contribution in [1.82, 2.24) is 10.3 Å². The fourth-order valence-electron chi connectivity index (χ4n) is 1.88. The highest BCUT2D eigenvalue weighted by Crippen LogP contribution is 2.16. The summed E-state index contributed by atoms with van der Waals surface area (Å²) in [4.78, 5) is 4.58. The fraction of sp³-hybridized carbons (Fsp3) is 0.611. The van der Waals surface area contributed by atoms with Crippen molar-refractivity contribution < 1.29 is 4.74 Å². The first-order valence-corrected chi connectivity index (χ1v) is 7.82. The molecule has 1 N–H and O–H groups in total. The van der Waals surface area contributed by atoms with E-state index in [1.807, 2.05) is 13.0 Å². The molecule has 0 atom stereocenters. The van der Waals surface area contributed by atoms with Gasteiger partial charge in [-0.2, -0.15) is 0 Å². The van der Waals surface area contributed by atoms with E-state index in [2.05, 4.69) is 50.6 Å². The summed E-state index contributed by atoms with van der Waals surface area (Å²) in [5.74, 6) is 0.730. The normalized spacial score (nSPS) is 11.5. The minimum Gasteiger partial charge on any atom is -0.477 e. The molecule has 0 spiro atoms. The highest BCUT2D eigenvalue weighted by atomic mass is 16.5. The maximum absolute atomic E-state index is 5.78. The lowest BCUT2D eigenvalue weighted by Gasteiger charge is -2.21. The number of rotatable bonds is 8. The standard InChI is InChI=1S/C18H30N2O/c1-7-8-16-11-15(13-19-18(4,5)6)12-17(20-16)21-10-9-14(2)3/h11-12,19H,2,7-10,13H2,1,3-6H3. The zero-order valence-electron chi connectivity index (χ0n) is 14.3. The number of nitrogens with one attached hydrogen (secondary N) is 1. The van der Waals surface area contributed by atoms with Crippen LogP contribution < -0.4 is 10.1 Å². The number of ether oxygens (including phenoxy) is 1. The van der Waals surface area contributed by atoms with Gasteiger partial charge in [0.15, 0.2) is 0 Å². The summed E-state index contributed by atoms with van der Waals surface area (Å²) in [5.41, 5.74) is 3.58. The van der Waals surface area contributed by atoms with E-state index < -0.39 is 0 Å². The van der Waals surface area contributed by atoms with E-state index in [0.717, 1.165) is 43.0 Å². The van der Waals surface area contributed by atoms with Crippen molar-refractivity contribution in [1.29, 1.82) is 0 Å². The van der Waals surface area contributed by atoms with Crippen molar-refractivity contribution in [2.75, 3.05) is 6.61 Å². The number of aromatic nitrogens is 1. The lowest BCUT2D eigenvalue weighted by Crippen LogP contribution is -2.35. The molecule has 0 aliphatic carbocycles. The summed E-state index contributed by atoms with van der Waals surface area (Å²) in [6, 6.07) is 4.21. The first-order valence-electron chi connectivity index (χ1n) is 7.82. The molecule has 1 heterocycles. The van der Waals surface area contributed by atoms with Gasteiger partial charge in [0.1, 0.15) is 0 Å². The van der Waals surface area contributed by atoms with E-state index in [1.165, 1.54) is 5.56 Å². The van der Waals surface area contributed by atoms with Crippen LogP contribution in [0.5, 0.6) is 5.88 Å². The van der Waals surface area contributed by atoms with Gasteiger partial charge < -0.3 is 10.1 Å². The van der Waals surface area contributed by atoms with Crippen molar-refractivity contribution in [3.05, 3.63) is 35.5 Å². The van der Waals surface area contributed by atoms with Gasteiger partial charge in [0.2, 0.25) is 5.88 Å². The molecule has 0 saturated carbocycles. The molecule has 1 aromatic rings. The molecule has 21 heavy (non-hydrogen) atoms. The van der Waals surface area contributed by atoms with Crippen molar-refractivity contribution in [2.45, 2.75) is 66.0 Å². The van der Waals surface area contributed by atoms with Crippen molar-refractivity contribution in [3.63, 3.8) is 0 Å². The van der Waals surface area contributed by atoms with Crippen molar-refractivity contribution in [3.8, 4) is 5.88 Å². The monoisotopic (exact) mass is 290 g/mol. The Kier molecular flexibility index (Phi) is 6.90. The summed E-state index contributed by atoms with van der Waals surface area (Å²) in [7, 11) is 0. The van der Waals surface area contributed by atoms with Crippen LogP contribution in [0.4, 0.5) is 0 Å². The Morgan fingerprint density at radius 1 is 1.33 bits per heavy atom. The number of nitrogens with zero attached hydrogens (tertiary/aromatic N) is 1. The molecule has 0 bridgehead atoms. The van der Waals surface area contributed by atoms with E-state index in [0.29, 0.717) is 6.61 Å². The van der Waals surface area contributed by atoms with Crippen LogP contribution in [-0.4, -0.2) is 17.1 Å². The summed E-state index contributed by atoms with van der Waals surface area (Å²) in [5, 5.41) is 3.51. The van der Waals surface area contributed by atoms with Crippen LogP contribution >= 0.6 is 0 Å². The summed E-state index contributed by atoms with van der Waals surface area (Å²) in [6.45, 7) is 16.1. The summed E-state index contributed by atoms with van der Waals surface area (Å²) in [6.07, 6.45) is 2.95. The molecule has 1 rings (SSSR count). The fourth-order valence-corrected chi connectivity index (χ4v) is 1.88. The largest absolute Gasteiger partial charge is 0.477 e. The number of pyridine rings is 1. The Balaban J connectivity index is 2.76. The van der Waals surface area contributed by atoms with Crippen LogP contribution in [0.25, 0.3) is 0 Å². The van der Waals surface area contributed by atoms with Gasteiger partial charge in [-0.1, -0.05) is 18.9 Å². The van der Waals surface area contributed by atoms with Gasteiger partial charge in [-0.3, -0.25) is 0 Å². The topological polar surface area (TPSA) is 34.1 Å². The summed E-state index contributed by atoms with van der Waals surface area (Å²) < 4.78 is 5.78. The van der Waals surface area contributed by atoms with Gasteiger partial charge in [0.25, 0.3) is 0 Å². The first-order chi connectivity index (χ1) is 9.80. The number of hydrogen-bond donors (Lipinski definition) is 1. The molecule has 3 heteroatoms. The molecular weight excluding hydrogens is 260 g/mol. The number of hydrogen-bond acceptors (Lipinski definition) is 3. The van der Waals surface area contributed by atoms with E-state index in [1.54, 1.807) is 0 Å². The number of aryl methyl sites for hydroxylation is 1. The van der Waals surface area contributed by atoms with Crippen LogP contribution in [0.3, 0.4) is 0 Å². The Hall–Kier alpha value is -1.35. The Morgan fingerprint density at radius 2 is 2.05 bits per heavy atom. The van der Waals surface area contributed by atoms with Gasteiger partial charge in [0, 0.05) is 30.3 Å². The molecule has 1 aromatic heterocycles. The van der Waals surface area contributed by atoms with Crippen LogP contribution in [0.2, 0.25) is 0 Å². The Morgan fingerprint density at radius 3 is 2.62 bits per heavy atom. The van der Waals surface area contributed by atoms with E-state index in [-0.39, 0.29) is 5.54 Å². The predicted octanol–water partition coefficient (Wildman–Crippen LogP) is 4.27. The third-order valence-electron chi connectivity index (χ3n) is 3.02. The lowest BCUT2D eigenvalue weighted by molar-refractivity contribution is 0.307. The molecule has 118 valence electrons. The van der Waals surface area contributed by atoms with Gasteiger partial charge >= 0.3 is 0 Å². The predicted molar refractivity (Wildman–Crippen MR) is 89.8 cm³/mol. The molecule has 3 nitrogen and oxygen atoms in total. The van der Waals surface area contributed by atoms with Gasteiger partial charge in [-0.05, 0) is 45.7 Å². The van der Waals surface area contributed by atoms with Crippen LogP contribution in [0, 0.1) is 0 Å². The van der Waals surface area contributed by atoms with Gasteiger partial charge in [-0.15, -0.1) is 6.58 Å². The van der Waals surface area contributed by atoms with E-state index >= 15 is 0 Å². The van der Waals surface area contributed by atoms with Crippen molar-refractivity contribution in [2.24, 2.45) is 0 Å². The quantitative estimate of drug-likeness (QED) is 0.726. The SMILES string of the molecule is C=C(C)CCOc1cc(CNC(C)(C)C)cc(CCC)n1. The molecule has 0 radical (unpaired) electrons. The van der Waals surface area contributed by atoms with E-state index in [4.69, 9.17) is 4.74 Å². The second kappa shape index (κ2) is 8.18. The van der Waals surface area contributed by atoms with Crippen LogP contribution in [0.1, 0.15) is 58.7 Å². The van der Waals surface area contributed by atoms with Crippen molar-refractivity contribution >= 4 is 0 Å². The Bertz CT molecular complexity index is 461. The second-order valence-electron chi connectivity index (χ2n) is 6.71. The molecular formula is C18H30N2O. The van der Waals surface area contributed by atoms with Crippen LogP contribution in [-0.2, 0) is 13.0 Å². The maximum Gasteiger partial charge on any atom is 0.213 e. The Labute approximate surface area is 129 Å². The zero-order chi connectivity index (χ0) is 15.9. The summed E-state index contributed by atoms with van der Waals surface area (Å²) >= 11 is 0. The minimum absolute atomic E-state index is 0.106. The lowest BCUT2D eigenvalue weighted by atomic mass is 10.1. The first kappa shape index (κ1) is 17.7. The molecule has 0 aliphatic rings. The molecule has 0 aromatic carbocycles. The minimum atomic E-state index is 0.106. The highest BCUT2D eigenvalue weighted by Gasteiger charge is 2.10. The zero-order valence-corrected chi connectivity index (χ0v) is 14.3. The third kappa shape index (κ3) is 7.86.